The Morgan fingerprint density at radius 1 is 1.03 bits per heavy atom. The summed E-state index contributed by atoms with van der Waals surface area (Å²) in [6, 6.07) is 18.3. The van der Waals surface area contributed by atoms with Crippen molar-refractivity contribution in [3.05, 3.63) is 82.3 Å². The van der Waals surface area contributed by atoms with Gasteiger partial charge in [0.1, 0.15) is 5.75 Å². The molecule has 0 bridgehead atoms. The Balaban J connectivity index is 1.41. The fraction of sp³-hybridized carbons (Fsp3) is 0.174. The van der Waals surface area contributed by atoms with E-state index in [1.165, 1.54) is 34.6 Å². The van der Waals surface area contributed by atoms with Crippen LogP contribution in [0.15, 0.2) is 71.6 Å². The molecule has 0 fully saturated rings. The summed E-state index contributed by atoms with van der Waals surface area (Å²) in [5.74, 6) is -0.0313. The fourth-order valence-corrected chi connectivity index (χ4v) is 5.51. The van der Waals surface area contributed by atoms with E-state index in [2.05, 4.69) is 5.32 Å². The molecule has 0 aliphatic carbocycles. The third-order valence-electron chi connectivity index (χ3n) is 5.05. The van der Waals surface area contributed by atoms with Crippen molar-refractivity contribution >= 4 is 50.5 Å². The fourth-order valence-electron chi connectivity index (χ4n) is 3.51. The van der Waals surface area contributed by atoms with Crippen LogP contribution in [0.3, 0.4) is 0 Å². The zero-order valence-electron chi connectivity index (χ0n) is 16.9. The van der Waals surface area contributed by atoms with Gasteiger partial charge in [-0.1, -0.05) is 41.4 Å². The van der Waals surface area contributed by atoms with Crippen LogP contribution in [-0.4, -0.2) is 27.5 Å². The molecule has 1 N–H and O–H groups in total. The summed E-state index contributed by atoms with van der Waals surface area (Å²) >= 11 is 11.9. The van der Waals surface area contributed by atoms with Crippen molar-refractivity contribution in [3.8, 4) is 5.75 Å². The minimum Gasteiger partial charge on any atom is -0.484 e. The predicted molar refractivity (Wildman–Crippen MR) is 126 cm³/mol. The van der Waals surface area contributed by atoms with Gasteiger partial charge in [0.15, 0.2) is 6.61 Å². The first kappa shape index (κ1) is 22.5. The van der Waals surface area contributed by atoms with Crippen molar-refractivity contribution in [2.45, 2.75) is 17.7 Å². The standard InChI is InChI=1S/C23H20Cl2N2O4S/c24-17-7-12-21(20(25)14-17)26-23(28)15-31-18-8-10-19(11-9-18)32(29,30)27-13-3-5-16-4-1-2-6-22(16)27/h1-2,4,6-12,14H,3,5,13,15H2,(H,26,28). The highest BCUT2D eigenvalue weighted by atomic mass is 35.5. The van der Waals surface area contributed by atoms with Gasteiger partial charge in [0.2, 0.25) is 0 Å². The van der Waals surface area contributed by atoms with E-state index >= 15 is 0 Å². The molecule has 3 aromatic rings. The molecule has 0 radical (unpaired) electrons. The molecule has 3 aromatic carbocycles. The van der Waals surface area contributed by atoms with Crippen molar-refractivity contribution in [1.29, 1.82) is 0 Å². The number of sulfonamides is 1. The summed E-state index contributed by atoms with van der Waals surface area (Å²) in [6.07, 6.45) is 1.63. The summed E-state index contributed by atoms with van der Waals surface area (Å²) in [4.78, 5) is 12.3. The summed E-state index contributed by atoms with van der Waals surface area (Å²) in [5.41, 5.74) is 2.17. The van der Waals surface area contributed by atoms with Gasteiger partial charge in [0.25, 0.3) is 15.9 Å². The number of fused-ring (bicyclic) bond motifs is 1. The summed E-state index contributed by atoms with van der Waals surface area (Å²) in [7, 11) is -3.70. The first-order valence-electron chi connectivity index (χ1n) is 9.93. The Kier molecular flexibility index (Phi) is 6.60. The number of anilines is 2. The maximum absolute atomic E-state index is 13.2. The number of aryl methyl sites for hydroxylation is 1. The van der Waals surface area contributed by atoms with Crippen molar-refractivity contribution in [2.24, 2.45) is 0 Å². The van der Waals surface area contributed by atoms with Gasteiger partial charge in [-0.3, -0.25) is 9.10 Å². The molecule has 1 amide bonds. The molecule has 6 nitrogen and oxygen atoms in total. The predicted octanol–water partition coefficient (Wildman–Crippen LogP) is 5.15. The minimum atomic E-state index is -3.70. The average Bonchev–Trinajstić information content (AvgIpc) is 2.79. The number of nitrogens with one attached hydrogen (secondary N) is 1. The zero-order chi connectivity index (χ0) is 22.7. The van der Waals surface area contributed by atoms with Gasteiger partial charge in [-0.15, -0.1) is 0 Å². The van der Waals surface area contributed by atoms with Gasteiger partial charge in [-0.2, -0.15) is 0 Å². The van der Waals surface area contributed by atoms with E-state index in [1.54, 1.807) is 12.1 Å². The van der Waals surface area contributed by atoms with Gasteiger partial charge in [-0.05, 0) is 66.9 Å². The Bertz CT molecular complexity index is 1250. The third kappa shape index (κ3) is 4.85. The van der Waals surface area contributed by atoms with E-state index in [1.807, 2.05) is 24.3 Å². The van der Waals surface area contributed by atoms with Crippen LogP contribution in [-0.2, 0) is 21.2 Å². The number of amides is 1. The molecule has 166 valence electrons. The number of rotatable bonds is 6. The maximum Gasteiger partial charge on any atom is 0.264 e. The van der Waals surface area contributed by atoms with Crippen LogP contribution in [0.25, 0.3) is 0 Å². The topological polar surface area (TPSA) is 75.7 Å². The molecular formula is C23H20Cl2N2O4S. The molecule has 9 heteroatoms. The molecule has 0 spiro atoms. The maximum atomic E-state index is 13.2. The van der Waals surface area contributed by atoms with Gasteiger partial charge < -0.3 is 10.1 Å². The van der Waals surface area contributed by atoms with Crippen LogP contribution >= 0.6 is 23.2 Å². The molecular weight excluding hydrogens is 471 g/mol. The van der Waals surface area contributed by atoms with Gasteiger partial charge >= 0.3 is 0 Å². The third-order valence-corrected chi connectivity index (χ3v) is 7.43. The van der Waals surface area contributed by atoms with Crippen molar-refractivity contribution in [1.82, 2.24) is 0 Å². The van der Waals surface area contributed by atoms with E-state index < -0.39 is 15.9 Å². The molecule has 0 unspecified atom stereocenters. The van der Waals surface area contributed by atoms with Crippen LogP contribution in [0.4, 0.5) is 11.4 Å². The van der Waals surface area contributed by atoms with Crippen LogP contribution in [0.5, 0.6) is 5.75 Å². The highest BCUT2D eigenvalue weighted by Crippen LogP contribution is 2.32. The Morgan fingerprint density at radius 2 is 1.78 bits per heavy atom. The van der Waals surface area contributed by atoms with Gasteiger partial charge in [0.05, 0.1) is 21.3 Å². The van der Waals surface area contributed by atoms with Crippen LogP contribution < -0.4 is 14.4 Å². The number of carbonyl (C=O) groups is 1. The molecule has 1 aliphatic heterocycles. The number of nitrogens with zero attached hydrogens (tertiary/aromatic N) is 1. The first-order chi connectivity index (χ1) is 15.3. The summed E-state index contributed by atoms with van der Waals surface area (Å²) < 4.78 is 33.3. The van der Waals surface area contributed by atoms with Crippen LogP contribution in [0.1, 0.15) is 12.0 Å². The Morgan fingerprint density at radius 3 is 2.53 bits per heavy atom. The lowest BCUT2D eigenvalue weighted by Crippen LogP contribution is -2.35. The lowest BCUT2D eigenvalue weighted by atomic mass is 10.0. The Labute approximate surface area is 196 Å². The van der Waals surface area contributed by atoms with Crippen molar-refractivity contribution in [2.75, 3.05) is 22.8 Å². The highest BCUT2D eigenvalue weighted by Gasteiger charge is 2.28. The van der Waals surface area contributed by atoms with Gasteiger partial charge in [-0.25, -0.2) is 8.42 Å². The molecule has 1 heterocycles. The normalized spacial score (nSPS) is 13.4. The average molecular weight is 491 g/mol. The number of hydrogen-bond acceptors (Lipinski definition) is 4. The summed E-state index contributed by atoms with van der Waals surface area (Å²) in [5, 5.41) is 3.42. The second-order valence-electron chi connectivity index (χ2n) is 7.24. The number of hydrogen-bond donors (Lipinski definition) is 1. The number of benzene rings is 3. The number of ether oxygens (including phenoxy) is 1. The van der Waals surface area contributed by atoms with Crippen molar-refractivity contribution in [3.63, 3.8) is 0 Å². The smallest absolute Gasteiger partial charge is 0.264 e. The molecule has 4 rings (SSSR count). The van der Waals surface area contributed by atoms with Gasteiger partial charge in [0, 0.05) is 11.6 Å². The molecule has 0 aromatic heterocycles. The van der Waals surface area contributed by atoms with E-state index in [-0.39, 0.29) is 11.5 Å². The second kappa shape index (κ2) is 9.40. The highest BCUT2D eigenvalue weighted by molar-refractivity contribution is 7.92. The molecule has 0 saturated carbocycles. The molecule has 1 aliphatic rings. The summed E-state index contributed by atoms with van der Waals surface area (Å²) in [6.45, 7) is 0.176. The lowest BCUT2D eigenvalue weighted by molar-refractivity contribution is -0.118. The zero-order valence-corrected chi connectivity index (χ0v) is 19.3. The number of carbonyl (C=O) groups excluding carboxylic acids is 1. The van der Waals surface area contributed by atoms with E-state index in [9.17, 15) is 13.2 Å². The van der Waals surface area contributed by atoms with Crippen molar-refractivity contribution < 1.29 is 17.9 Å². The SMILES string of the molecule is O=C(COc1ccc(S(=O)(=O)N2CCCc3ccccc32)cc1)Nc1ccc(Cl)cc1Cl. The monoisotopic (exact) mass is 490 g/mol. The quantitative estimate of drug-likeness (QED) is 0.518. The number of halogens is 2. The number of para-hydroxylation sites is 1. The van der Waals surface area contributed by atoms with E-state index in [4.69, 9.17) is 27.9 Å². The van der Waals surface area contributed by atoms with Crippen LogP contribution in [0, 0.1) is 0 Å². The first-order valence-corrected chi connectivity index (χ1v) is 12.1. The molecule has 0 atom stereocenters. The molecule has 0 saturated heterocycles. The van der Waals surface area contributed by atoms with Crippen LogP contribution in [0.2, 0.25) is 10.0 Å². The minimum absolute atomic E-state index is 0.166. The van der Waals surface area contributed by atoms with E-state index in [0.717, 1.165) is 24.1 Å². The van der Waals surface area contributed by atoms with E-state index in [0.29, 0.717) is 28.0 Å². The molecule has 32 heavy (non-hydrogen) atoms. The lowest BCUT2D eigenvalue weighted by Gasteiger charge is -2.30. The largest absolute Gasteiger partial charge is 0.484 e. The second-order valence-corrected chi connectivity index (χ2v) is 9.95. The Hall–Kier alpha value is -2.74.